The Labute approximate surface area is 163 Å². The van der Waals surface area contributed by atoms with Crippen molar-refractivity contribution in [2.75, 3.05) is 6.54 Å². The standard InChI is InChI=1S/C16H18ClN3OS.2ClH/c1-9-14(15(21)19-8-13(18)10-2-3-10)22-16(20-9)11-4-6-12(17)7-5-11;;/h4-7,10,13H,2-3,8,18H2,1H3,(H,19,21);2*1H. The first kappa shape index (κ1) is 21.2. The minimum Gasteiger partial charge on any atom is -0.350 e. The van der Waals surface area contributed by atoms with Crippen LogP contribution in [0.4, 0.5) is 0 Å². The molecule has 0 saturated heterocycles. The van der Waals surface area contributed by atoms with Crippen molar-refractivity contribution in [2.45, 2.75) is 25.8 Å². The molecule has 1 fully saturated rings. The van der Waals surface area contributed by atoms with E-state index in [-0.39, 0.29) is 36.8 Å². The molecule has 1 aliphatic rings. The third kappa shape index (κ3) is 5.07. The van der Waals surface area contributed by atoms with Gasteiger partial charge in [0.1, 0.15) is 9.88 Å². The summed E-state index contributed by atoms with van der Waals surface area (Å²) in [7, 11) is 0. The second-order valence-electron chi connectivity index (χ2n) is 5.65. The van der Waals surface area contributed by atoms with E-state index >= 15 is 0 Å². The van der Waals surface area contributed by atoms with Gasteiger partial charge in [0.15, 0.2) is 0 Å². The summed E-state index contributed by atoms with van der Waals surface area (Å²) in [4.78, 5) is 17.4. The molecule has 24 heavy (non-hydrogen) atoms. The van der Waals surface area contributed by atoms with Gasteiger partial charge in [-0.2, -0.15) is 0 Å². The molecule has 1 heterocycles. The molecule has 0 radical (unpaired) electrons. The average Bonchev–Trinajstić information content (AvgIpc) is 3.28. The Bertz CT molecular complexity index is 686. The van der Waals surface area contributed by atoms with E-state index in [0.29, 0.717) is 22.4 Å². The van der Waals surface area contributed by atoms with E-state index in [9.17, 15) is 4.79 Å². The van der Waals surface area contributed by atoms with Crippen LogP contribution in [0.2, 0.25) is 5.02 Å². The zero-order chi connectivity index (χ0) is 15.7. The Hall–Kier alpha value is -0.850. The molecular weight excluding hydrogens is 389 g/mol. The fraction of sp³-hybridized carbons (Fsp3) is 0.375. The van der Waals surface area contributed by atoms with Gasteiger partial charge in [0, 0.05) is 23.2 Å². The van der Waals surface area contributed by atoms with Crippen LogP contribution in [-0.4, -0.2) is 23.5 Å². The van der Waals surface area contributed by atoms with Gasteiger partial charge in [0.25, 0.3) is 5.91 Å². The number of aromatic nitrogens is 1. The van der Waals surface area contributed by atoms with Crippen molar-refractivity contribution >= 4 is 53.7 Å². The van der Waals surface area contributed by atoms with Crippen LogP contribution in [0.3, 0.4) is 0 Å². The number of nitrogens with zero attached hydrogens (tertiary/aromatic N) is 1. The Kier molecular flexibility index (Phi) is 7.96. The van der Waals surface area contributed by atoms with Crippen LogP contribution in [0.5, 0.6) is 0 Å². The molecule has 1 amide bonds. The Morgan fingerprint density at radius 1 is 1.38 bits per heavy atom. The molecule has 8 heteroatoms. The summed E-state index contributed by atoms with van der Waals surface area (Å²) < 4.78 is 0. The number of carbonyl (C=O) groups is 1. The monoisotopic (exact) mass is 407 g/mol. The Morgan fingerprint density at radius 2 is 2.00 bits per heavy atom. The van der Waals surface area contributed by atoms with Gasteiger partial charge in [-0.3, -0.25) is 4.79 Å². The number of nitrogens with two attached hydrogens (primary N) is 1. The number of hydrogen-bond acceptors (Lipinski definition) is 4. The maximum atomic E-state index is 12.3. The molecular formula is C16H20Cl3N3OS. The SMILES string of the molecule is Cc1nc(-c2ccc(Cl)cc2)sc1C(=O)NCC(N)C1CC1.Cl.Cl. The van der Waals surface area contributed by atoms with Crippen LogP contribution in [0, 0.1) is 12.8 Å². The van der Waals surface area contributed by atoms with E-state index < -0.39 is 0 Å². The minimum absolute atomic E-state index is 0. The number of thiazole rings is 1. The van der Waals surface area contributed by atoms with Crippen LogP contribution >= 0.6 is 47.8 Å². The Morgan fingerprint density at radius 3 is 2.58 bits per heavy atom. The smallest absolute Gasteiger partial charge is 0.263 e. The molecule has 0 spiro atoms. The van der Waals surface area contributed by atoms with Gasteiger partial charge < -0.3 is 11.1 Å². The van der Waals surface area contributed by atoms with Gasteiger partial charge in [-0.05, 0) is 37.8 Å². The third-order valence-electron chi connectivity index (χ3n) is 3.82. The second-order valence-corrected chi connectivity index (χ2v) is 7.09. The largest absolute Gasteiger partial charge is 0.350 e. The van der Waals surface area contributed by atoms with Crippen molar-refractivity contribution in [3.05, 3.63) is 39.9 Å². The first-order chi connectivity index (χ1) is 10.5. The van der Waals surface area contributed by atoms with Crippen LogP contribution in [0.25, 0.3) is 10.6 Å². The van der Waals surface area contributed by atoms with E-state index in [4.69, 9.17) is 17.3 Å². The number of halogens is 3. The predicted octanol–water partition coefficient (Wildman–Crippen LogP) is 4.08. The maximum absolute atomic E-state index is 12.3. The maximum Gasteiger partial charge on any atom is 0.263 e. The summed E-state index contributed by atoms with van der Waals surface area (Å²) in [5.74, 6) is 0.485. The summed E-state index contributed by atoms with van der Waals surface area (Å²) >= 11 is 7.29. The predicted molar refractivity (Wildman–Crippen MR) is 105 cm³/mol. The summed E-state index contributed by atoms with van der Waals surface area (Å²) in [6.45, 7) is 2.38. The van der Waals surface area contributed by atoms with Gasteiger partial charge in [-0.15, -0.1) is 36.2 Å². The lowest BCUT2D eigenvalue weighted by atomic mass is 10.2. The van der Waals surface area contributed by atoms with E-state index in [1.54, 1.807) is 0 Å². The molecule has 4 nitrogen and oxygen atoms in total. The number of carbonyl (C=O) groups excluding carboxylic acids is 1. The summed E-state index contributed by atoms with van der Waals surface area (Å²) in [6.07, 6.45) is 2.36. The molecule has 1 unspecified atom stereocenters. The van der Waals surface area contributed by atoms with Crippen LogP contribution < -0.4 is 11.1 Å². The molecule has 1 saturated carbocycles. The van der Waals surface area contributed by atoms with E-state index in [1.165, 1.54) is 24.2 Å². The van der Waals surface area contributed by atoms with Crippen LogP contribution in [0.15, 0.2) is 24.3 Å². The minimum atomic E-state index is -0.0914. The van der Waals surface area contributed by atoms with Crippen molar-refractivity contribution in [3.63, 3.8) is 0 Å². The highest BCUT2D eigenvalue weighted by Crippen LogP contribution is 2.31. The summed E-state index contributed by atoms with van der Waals surface area (Å²) in [5.41, 5.74) is 7.72. The highest BCUT2D eigenvalue weighted by atomic mass is 35.5. The van der Waals surface area contributed by atoms with Gasteiger partial charge in [0.2, 0.25) is 0 Å². The Balaban J connectivity index is 0.00000144. The van der Waals surface area contributed by atoms with Gasteiger partial charge in [0.05, 0.1) is 5.69 Å². The number of rotatable bonds is 5. The third-order valence-corrected chi connectivity index (χ3v) is 5.28. The number of nitrogens with one attached hydrogen (secondary N) is 1. The zero-order valence-electron chi connectivity index (χ0n) is 13.1. The highest BCUT2D eigenvalue weighted by Gasteiger charge is 2.28. The molecule has 3 N–H and O–H groups in total. The van der Waals surface area contributed by atoms with Crippen molar-refractivity contribution < 1.29 is 4.79 Å². The number of hydrogen-bond donors (Lipinski definition) is 2. The summed E-state index contributed by atoms with van der Waals surface area (Å²) in [6, 6.07) is 7.52. The summed E-state index contributed by atoms with van der Waals surface area (Å²) in [5, 5.41) is 4.43. The van der Waals surface area contributed by atoms with Gasteiger partial charge in [-0.1, -0.05) is 23.7 Å². The molecule has 3 rings (SSSR count). The normalized spacial score (nSPS) is 14.3. The molecule has 2 aromatic rings. The fourth-order valence-corrected chi connectivity index (χ4v) is 3.42. The number of benzene rings is 1. The van der Waals surface area contributed by atoms with Crippen molar-refractivity contribution in [2.24, 2.45) is 11.7 Å². The quantitative estimate of drug-likeness (QED) is 0.783. The molecule has 1 aromatic heterocycles. The molecule has 0 aliphatic heterocycles. The van der Waals surface area contributed by atoms with Crippen LogP contribution in [0.1, 0.15) is 28.2 Å². The number of amides is 1. The zero-order valence-corrected chi connectivity index (χ0v) is 16.3. The second kappa shape index (κ2) is 9.02. The molecule has 132 valence electrons. The highest BCUT2D eigenvalue weighted by molar-refractivity contribution is 7.17. The van der Waals surface area contributed by atoms with E-state index in [0.717, 1.165) is 16.3 Å². The van der Waals surface area contributed by atoms with Gasteiger partial charge in [-0.25, -0.2) is 4.98 Å². The average molecular weight is 409 g/mol. The van der Waals surface area contributed by atoms with E-state index in [1.807, 2.05) is 31.2 Å². The first-order valence-corrected chi connectivity index (χ1v) is 8.51. The van der Waals surface area contributed by atoms with Crippen molar-refractivity contribution in [3.8, 4) is 10.6 Å². The van der Waals surface area contributed by atoms with Crippen molar-refractivity contribution in [1.29, 1.82) is 0 Å². The number of aryl methyl sites for hydroxylation is 1. The lowest BCUT2D eigenvalue weighted by Crippen LogP contribution is -2.38. The van der Waals surface area contributed by atoms with Gasteiger partial charge >= 0.3 is 0 Å². The molecule has 1 aromatic carbocycles. The molecule has 1 aliphatic carbocycles. The van der Waals surface area contributed by atoms with E-state index in [2.05, 4.69) is 10.3 Å². The fourth-order valence-electron chi connectivity index (χ4n) is 2.30. The lowest BCUT2D eigenvalue weighted by molar-refractivity contribution is 0.0953. The van der Waals surface area contributed by atoms with Crippen LogP contribution in [-0.2, 0) is 0 Å². The topological polar surface area (TPSA) is 68.0 Å². The first-order valence-electron chi connectivity index (χ1n) is 7.31. The molecule has 1 atom stereocenters. The van der Waals surface area contributed by atoms with Crippen molar-refractivity contribution in [1.82, 2.24) is 10.3 Å². The lowest BCUT2D eigenvalue weighted by Gasteiger charge is -2.10. The molecule has 0 bridgehead atoms.